The minimum Gasteiger partial charge on any atom is -0.480 e. The second kappa shape index (κ2) is 7.23. The molecule has 0 radical (unpaired) electrons. The Balaban J connectivity index is 3.83. The molecule has 0 aromatic carbocycles. The molecule has 0 aliphatic carbocycles. The van der Waals surface area contributed by atoms with E-state index < -0.39 is 27.8 Å². The van der Waals surface area contributed by atoms with E-state index in [-0.39, 0.29) is 12.3 Å². The Kier molecular flexibility index (Phi) is 6.74. The average molecular weight is 266 g/mol. The number of amides is 1. The van der Waals surface area contributed by atoms with E-state index in [1.165, 1.54) is 6.92 Å². The summed E-state index contributed by atoms with van der Waals surface area (Å²) in [5, 5.41) is 13.8. The van der Waals surface area contributed by atoms with Gasteiger partial charge in [0.15, 0.2) is 0 Å². The van der Waals surface area contributed by atoms with Gasteiger partial charge in [0.1, 0.15) is 15.9 Å². The molecular formula is C9H18N2O5S. The molecule has 0 saturated heterocycles. The van der Waals surface area contributed by atoms with E-state index in [9.17, 15) is 18.0 Å². The molecule has 0 fully saturated rings. The molecule has 0 heterocycles. The fraction of sp³-hybridized carbons (Fsp3) is 0.778. The van der Waals surface area contributed by atoms with Gasteiger partial charge in [0, 0.05) is 19.7 Å². The molecular weight excluding hydrogens is 248 g/mol. The lowest BCUT2D eigenvalue weighted by molar-refractivity contribution is -0.141. The zero-order valence-corrected chi connectivity index (χ0v) is 10.7. The van der Waals surface area contributed by atoms with Crippen LogP contribution in [-0.4, -0.2) is 56.5 Å². The number of carbonyl (C=O) groups excluding carboxylic acids is 1. The molecule has 3 N–H and O–H groups in total. The zero-order chi connectivity index (χ0) is 13.5. The highest BCUT2D eigenvalue weighted by molar-refractivity contribution is 7.90. The predicted molar refractivity (Wildman–Crippen MR) is 62.4 cm³/mol. The summed E-state index contributed by atoms with van der Waals surface area (Å²) in [4.78, 5) is 21.4. The standard InChI is InChI=1S/C9H18N2O5S/c1-7(12)11-8(9(13)14)6-10-4-3-5-17(2,15)16/h8,10H,3-6H2,1-2H3,(H,11,12)(H,13,14). The molecule has 0 spiro atoms. The van der Waals surface area contributed by atoms with E-state index in [0.29, 0.717) is 13.0 Å². The van der Waals surface area contributed by atoms with Crippen molar-refractivity contribution in [3.8, 4) is 0 Å². The van der Waals surface area contributed by atoms with Crippen LogP contribution in [0, 0.1) is 0 Å². The maximum atomic E-state index is 10.8. The number of sulfone groups is 1. The van der Waals surface area contributed by atoms with Crippen LogP contribution in [-0.2, 0) is 19.4 Å². The Labute approximate surface area is 101 Å². The monoisotopic (exact) mass is 266 g/mol. The maximum absolute atomic E-state index is 10.8. The van der Waals surface area contributed by atoms with E-state index in [0.717, 1.165) is 6.26 Å². The fourth-order valence-corrected chi connectivity index (χ4v) is 1.82. The van der Waals surface area contributed by atoms with Crippen molar-refractivity contribution in [3.63, 3.8) is 0 Å². The molecule has 100 valence electrons. The van der Waals surface area contributed by atoms with Crippen LogP contribution in [0.5, 0.6) is 0 Å². The smallest absolute Gasteiger partial charge is 0.327 e. The molecule has 1 atom stereocenters. The summed E-state index contributed by atoms with van der Waals surface area (Å²) >= 11 is 0. The van der Waals surface area contributed by atoms with E-state index in [4.69, 9.17) is 5.11 Å². The number of carboxylic acids is 1. The van der Waals surface area contributed by atoms with Gasteiger partial charge in [-0.2, -0.15) is 0 Å². The van der Waals surface area contributed by atoms with E-state index in [1.807, 2.05) is 0 Å². The van der Waals surface area contributed by atoms with E-state index >= 15 is 0 Å². The van der Waals surface area contributed by atoms with Crippen molar-refractivity contribution in [3.05, 3.63) is 0 Å². The topological polar surface area (TPSA) is 113 Å². The Morgan fingerprint density at radius 3 is 2.35 bits per heavy atom. The number of carbonyl (C=O) groups is 2. The minimum absolute atomic E-state index is 0.0534. The molecule has 0 aliphatic heterocycles. The van der Waals surface area contributed by atoms with Gasteiger partial charge in [0.25, 0.3) is 0 Å². The molecule has 0 aliphatic rings. The van der Waals surface area contributed by atoms with Gasteiger partial charge in [-0.15, -0.1) is 0 Å². The number of hydrogen-bond donors (Lipinski definition) is 3. The Hall–Kier alpha value is -1.15. The summed E-state index contributed by atoms with van der Waals surface area (Å²) in [6.07, 6.45) is 1.55. The molecule has 8 heteroatoms. The maximum Gasteiger partial charge on any atom is 0.327 e. The molecule has 7 nitrogen and oxygen atoms in total. The van der Waals surface area contributed by atoms with Gasteiger partial charge in [-0.25, -0.2) is 13.2 Å². The number of hydrogen-bond acceptors (Lipinski definition) is 5. The van der Waals surface area contributed by atoms with Crippen molar-refractivity contribution in [2.24, 2.45) is 0 Å². The summed E-state index contributed by atoms with van der Waals surface area (Å²) < 4.78 is 21.6. The second-order valence-corrected chi connectivity index (χ2v) is 6.04. The first-order valence-corrected chi connectivity index (χ1v) is 7.17. The van der Waals surface area contributed by atoms with Crippen LogP contribution in [0.1, 0.15) is 13.3 Å². The lowest BCUT2D eigenvalue weighted by Crippen LogP contribution is -2.46. The van der Waals surface area contributed by atoms with Gasteiger partial charge < -0.3 is 15.7 Å². The molecule has 1 amide bonds. The van der Waals surface area contributed by atoms with Crippen LogP contribution in [0.25, 0.3) is 0 Å². The molecule has 0 aromatic heterocycles. The number of rotatable bonds is 8. The normalized spacial score (nSPS) is 13.1. The zero-order valence-electron chi connectivity index (χ0n) is 9.89. The first-order valence-electron chi connectivity index (χ1n) is 5.10. The Morgan fingerprint density at radius 2 is 1.94 bits per heavy atom. The summed E-state index contributed by atoms with van der Waals surface area (Å²) in [6.45, 7) is 1.69. The van der Waals surface area contributed by atoms with Gasteiger partial charge >= 0.3 is 5.97 Å². The molecule has 1 unspecified atom stereocenters. The van der Waals surface area contributed by atoms with Crippen LogP contribution in [0.3, 0.4) is 0 Å². The van der Waals surface area contributed by atoms with Gasteiger partial charge in [0.05, 0.1) is 5.75 Å². The highest BCUT2D eigenvalue weighted by Crippen LogP contribution is 1.88. The van der Waals surface area contributed by atoms with Gasteiger partial charge in [-0.3, -0.25) is 4.79 Å². The first-order chi connectivity index (χ1) is 7.72. The summed E-state index contributed by atoms with van der Waals surface area (Å²) in [5.41, 5.74) is 0. The average Bonchev–Trinajstić information content (AvgIpc) is 2.12. The number of aliphatic carboxylic acids is 1. The summed E-state index contributed by atoms with van der Waals surface area (Å²) in [7, 11) is -2.99. The molecule has 17 heavy (non-hydrogen) atoms. The van der Waals surface area contributed by atoms with Crippen molar-refractivity contribution in [2.75, 3.05) is 25.1 Å². The third-order valence-electron chi connectivity index (χ3n) is 1.89. The molecule has 0 saturated carbocycles. The van der Waals surface area contributed by atoms with Crippen molar-refractivity contribution in [2.45, 2.75) is 19.4 Å². The van der Waals surface area contributed by atoms with E-state index in [2.05, 4.69) is 10.6 Å². The number of carboxylic acid groups (broad SMARTS) is 1. The van der Waals surface area contributed by atoms with E-state index in [1.54, 1.807) is 0 Å². The van der Waals surface area contributed by atoms with Crippen molar-refractivity contribution < 1.29 is 23.1 Å². The SMILES string of the molecule is CC(=O)NC(CNCCCS(C)(=O)=O)C(=O)O. The largest absolute Gasteiger partial charge is 0.480 e. The predicted octanol–water partition coefficient (Wildman–Crippen LogP) is -1.40. The Morgan fingerprint density at radius 1 is 1.35 bits per heavy atom. The van der Waals surface area contributed by atoms with Crippen LogP contribution in [0.2, 0.25) is 0 Å². The van der Waals surface area contributed by atoms with Crippen molar-refractivity contribution in [1.82, 2.24) is 10.6 Å². The third-order valence-corrected chi connectivity index (χ3v) is 2.92. The highest BCUT2D eigenvalue weighted by Gasteiger charge is 2.17. The lowest BCUT2D eigenvalue weighted by Gasteiger charge is -2.13. The minimum atomic E-state index is -2.99. The van der Waals surface area contributed by atoms with Crippen molar-refractivity contribution >= 4 is 21.7 Å². The second-order valence-electron chi connectivity index (χ2n) is 3.78. The van der Waals surface area contributed by atoms with Gasteiger partial charge in [-0.1, -0.05) is 0 Å². The molecule has 0 aromatic rings. The van der Waals surface area contributed by atoms with Crippen LogP contribution in [0.4, 0.5) is 0 Å². The third kappa shape index (κ3) is 9.76. The van der Waals surface area contributed by atoms with Crippen molar-refractivity contribution in [1.29, 1.82) is 0 Å². The highest BCUT2D eigenvalue weighted by atomic mass is 32.2. The van der Waals surface area contributed by atoms with Crippen LogP contribution in [0.15, 0.2) is 0 Å². The summed E-state index contributed by atoms with van der Waals surface area (Å²) in [6, 6.07) is -0.995. The lowest BCUT2D eigenvalue weighted by atomic mass is 10.3. The Bertz CT molecular complexity index is 366. The van der Waals surface area contributed by atoms with Gasteiger partial charge in [-0.05, 0) is 13.0 Å². The molecule has 0 bridgehead atoms. The van der Waals surface area contributed by atoms with Crippen LogP contribution >= 0.6 is 0 Å². The fourth-order valence-electron chi connectivity index (χ4n) is 1.15. The van der Waals surface area contributed by atoms with Gasteiger partial charge in [0.2, 0.25) is 5.91 Å². The van der Waals surface area contributed by atoms with Crippen LogP contribution < -0.4 is 10.6 Å². The first kappa shape index (κ1) is 15.9. The molecule has 0 rings (SSSR count). The number of nitrogens with one attached hydrogen (secondary N) is 2. The quantitative estimate of drug-likeness (QED) is 0.466. The summed E-state index contributed by atoms with van der Waals surface area (Å²) in [5.74, 6) is -1.50.